The maximum atomic E-state index is 12.0. The minimum Gasteiger partial charge on any atom is -0.390 e. The zero-order valence-electron chi connectivity index (χ0n) is 6.27. The maximum absolute atomic E-state index is 12.0. The van der Waals surface area contributed by atoms with Gasteiger partial charge in [-0.1, -0.05) is 11.6 Å². The number of hydrogen-bond acceptors (Lipinski definition) is 2. The van der Waals surface area contributed by atoms with E-state index in [2.05, 4.69) is 4.98 Å². The predicted octanol–water partition coefficient (Wildman–Crippen LogP) is 2.25. The Bertz CT molecular complexity index is 313. The molecule has 1 rings (SSSR count). The average Bonchev–Trinajstić information content (AvgIpc) is 2.02. The molecule has 1 aromatic heterocycles. The summed E-state index contributed by atoms with van der Waals surface area (Å²) in [6, 6.07) is 0.736. The number of aliphatic hydroxyl groups is 1. The van der Waals surface area contributed by atoms with Gasteiger partial charge in [0.2, 0.25) is 0 Å². The molecule has 0 bridgehead atoms. The van der Waals surface area contributed by atoms with Gasteiger partial charge in [0, 0.05) is 6.20 Å². The topological polar surface area (TPSA) is 33.1 Å². The van der Waals surface area contributed by atoms with Gasteiger partial charge in [0.15, 0.2) is 0 Å². The summed E-state index contributed by atoms with van der Waals surface area (Å²) in [6.45, 7) is -0.475. The highest BCUT2D eigenvalue weighted by atomic mass is 35.5. The van der Waals surface area contributed by atoms with Crippen molar-refractivity contribution in [2.75, 3.05) is 0 Å². The van der Waals surface area contributed by atoms with Crippen molar-refractivity contribution in [3.8, 4) is 0 Å². The van der Waals surface area contributed by atoms with E-state index in [9.17, 15) is 13.2 Å². The highest BCUT2D eigenvalue weighted by Gasteiger charge is 2.31. The van der Waals surface area contributed by atoms with Gasteiger partial charge in [-0.25, -0.2) is 0 Å². The van der Waals surface area contributed by atoms with Crippen molar-refractivity contribution in [1.82, 2.24) is 4.98 Å². The molecule has 1 heterocycles. The van der Waals surface area contributed by atoms with Crippen molar-refractivity contribution in [2.24, 2.45) is 0 Å². The van der Waals surface area contributed by atoms with E-state index in [4.69, 9.17) is 16.7 Å². The number of nitrogens with zero attached hydrogens (tertiary/aromatic N) is 1. The van der Waals surface area contributed by atoms with E-state index in [-0.39, 0.29) is 10.7 Å². The molecular formula is C7H5ClF3NO. The molecule has 0 aliphatic carbocycles. The molecule has 0 aliphatic heterocycles. The second-order valence-corrected chi connectivity index (χ2v) is 2.72. The monoisotopic (exact) mass is 211 g/mol. The third-order valence-corrected chi connectivity index (χ3v) is 1.72. The fourth-order valence-corrected chi connectivity index (χ4v) is 0.964. The van der Waals surface area contributed by atoms with Crippen LogP contribution in [0.3, 0.4) is 0 Å². The van der Waals surface area contributed by atoms with Gasteiger partial charge >= 0.3 is 6.18 Å². The third kappa shape index (κ3) is 2.32. The van der Waals surface area contributed by atoms with Gasteiger partial charge in [-0.3, -0.25) is 4.98 Å². The van der Waals surface area contributed by atoms with Crippen LogP contribution in [-0.2, 0) is 12.8 Å². The van der Waals surface area contributed by atoms with E-state index in [0.29, 0.717) is 6.20 Å². The normalized spacial score (nSPS) is 11.8. The van der Waals surface area contributed by atoms with E-state index >= 15 is 0 Å². The fourth-order valence-electron chi connectivity index (χ4n) is 0.738. The zero-order chi connectivity index (χ0) is 10.1. The number of aromatic nitrogens is 1. The Morgan fingerprint density at radius 1 is 1.46 bits per heavy atom. The molecule has 1 aromatic rings. The highest BCUT2D eigenvalue weighted by molar-refractivity contribution is 6.31. The third-order valence-electron chi connectivity index (χ3n) is 1.39. The van der Waals surface area contributed by atoms with Gasteiger partial charge in [0.25, 0.3) is 0 Å². The minimum absolute atomic E-state index is 0.0367. The molecule has 2 nitrogen and oxygen atoms in total. The number of hydrogen-bond donors (Lipinski definition) is 1. The smallest absolute Gasteiger partial charge is 0.390 e. The summed E-state index contributed by atoms with van der Waals surface area (Å²) >= 11 is 5.41. The number of rotatable bonds is 1. The van der Waals surface area contributed by atoms with Crippen LogP contribution in [0.4, 0.5) is 13.2 Å². The molecule has 0 amide bonds. The number of aliphatic hydroxyl groups excluding tert-OH is 1. The van der Waals surface area contributed by atoms with Crippen molar-refractivity contribution in [2.45, 2.75) is 12.8 Å². The summed E-state index contributed by atoms with van der Waals surface area (Å²) in [5, 5.41) is 8.40. The molecule has 0 radical (unpaired) electrons. The first-order valence-electron chi connectivity index (χ1n) is 3.27. The van der Waals surface area contributed by atoms with Crippen molar-refractivity contribution in [1.29, 1.82) is 0 Å². The zero-order valence-corrected chi connectivity index (χ0v) is 7.02. The van der Waals surface area contributed by atoms with Gasteiger partial charge in [0.1, 0.15) is 0 Å². The number of alkyl halides is 3. The van der Waals surface area contributed by atoms with E-state index in [0.717, 1.165) is 6.07 Å². The van der Waals surface area contributed by atoms with Crippen molar-refractivity contribution in [3.05, 3.63) is 28.5 Å². The van der Waals surface area contributed by atoms with Gasteiger partial charge in [-0.2, -0.15) is 13.2 Å². The van der Waals surface area contributed by atoms with Crippen molar-refractivity contribution >= 4 is 11.6 Å². The molecule has 0 aromatic carbocycles. The van der Waals surface area contributed by atoms with Gasteiger partial charge in [-0.15, -0.1) is 0 Å². The molecule has 1 N–H and O–H groups in total. The lowest BCUT2D eigenvalue weighted by Crippen LogP contribution is -2.06. The fraction of sp³-hybridized carbons (Fsp3) is 0.286. The summed E-state index contributed by atoms with van der Waals surface area (Å²) in [6.07, 6.45) is -3.82. The Kier molecular flexibility index (Phi) is 2.77. The van der Waals surface area contributed by atoms with Crippen LogP contribution in [0.25, 0.3) is 0 Å². The highest BCUT2D eigenvalue weighted by Crippen LogP contribution is 2.30. The summed E-state index contributed by atoms with van der Waals surface area (Å²) in [5.41, 5.74) is -0.885. The molecule has 0 saturated heterocycles. The second-order valence-electron chi connectivity index (χ2n) is 2.31. The quantitative estimate of drug-likeness (QED) is 0.773. The first kappa shape index (κ1) is 10.3. The summed E-state index contributed by atoms with van der Waals surface area (Å²) in [4.78, 5) is 3.36. The van der Waals surface area contributed by atoms with E-state index in [1.807, 2.05) is 0 Å². The summed E-state index contributed by atoms with van der Waals surface area (Å²) < 4.78 is 36.1. The Balaban J connectivity index is 3.10. The molecule has 13 heavy (non-hydrogen) atoms. The van der Waals surface area contributed by atoms with Crippen molar-refractivity contribution < 1.29 is 18.3 Å². The summed E-state index contributed by atoms with van der Waals surface area (Å²) in [7, 11) is 0. The lowest BCUT2D eigenvalue weighted by molar-refractivity contribution is -0.137. The SMILES string of the molecule is OCc1ncc(C(F)(F)F)cc1Cl. The Morgan fingerprint density at radius 3 is 2.46 bits per heavy atom. The summed E-state index contributed by atoms with van der Waals surface area (Å²) in [5.74, 6) is 0. The molecular weight excluding hydrogens is 207 g/mol. The molecule has 0 unspecified atom stereocenters. The van der Waals surface area contributed by atoms with Crippen LogP contribution >= 0.6 is 11.6 Å². The molecule has 0 spiro atoms. The van der Waals surface area contributed by atoms with Crippen LogP contribution in [-0.4, -0.2) is 10.1 Å². The lowest BCUT2D eigenvalue weighted by atomic mass is 10.2. The first-order valence-corrected chi connectivity index (χ1v) is 3.65. The van der Waals surface area contributed by atoms with Crippen LogP contribution in [0.1, 0.15) is 11.3 Å². The average molecular weight is 212 g/mol. The molecule has 0 fully saturated rings. The van der Waals surface area contributed by atoms with Gasteiger partial charge in [0.05, 0.1) is 22.9 Å². The van der Waals surface area contributed by atoms with E-state index in [1.54, 1.807) is 0 Å². The van der Waals surface area contributed by atoms with Gasteiger partial charge < -0.3 is 5.11 Å². The molecule has 72 valence electrons. The first-order chi connectivity index (χ1) is 5.95. The van der Waals surface area contributed by atoms with Crippen LogP contribution in [0.2, 0.25) is 5.02 Å². The van der Waals surface area contributed by atoms with Crippen LogP contribution in [0, 0.1) is 0 Å². The molecule has 0 saturated carbocycles. The predicted molar refractivity (Wildman–Crippen MR) is 40.2 cm³/mol. The van der Waals surface area contributed by atoms with Gasteiger partial charge in [-0.05, 0) is 6.07 Å². The van der Waals surface area contributed by atoms with Crippen molar-refractivity contribution in [3.63, 3.8) is 0 Å². The van der Waals surface area contributed by atoms with Crippen LogP contribution < -0.4 is 0 Å². The number of halogens is 4. The lowest BCUT2D eigenvalue weighted by Gasteiger charge is -2.07. The molecule has 0 aliphatic rings. The second kappa shape index (κ2) is 3.51. The largest absolute Gasteiger partial charge is 0.417 e. The van der Waals surface area contributed by atoms with E-state index in [1.165, 1.54) is 0 Å². The number of pyridine rings is 1. The Morgan fingerprint density at radius 2 is 2.08 bits per heavy atom. The molecule has 0 atom stereocenters. The Hall–Kier alpha value is -0.810. The minimum atomic E-state index is -4.45. The van der Waals surface area contributed by atoms with Crippen LogP contribution in [0.5, 0.6) is 0 Å². The maximum Gasteiger partial charge on any atom is 0.417 e. The molecule has 6 heteroatoms. The standard InChI is InChI=1S/C7H5ClF3NO/c8-5-1-4(7(9,10)11)2-12-6(5)3-13/h1-2,13H,3H2. The van der Waals surface area contributed by atoms with Crippen LogP contribution in [0.15, 0.2) is 12.3 Å². The Labute approximate surface area is 77.0 Å². The van der Waals surface area contributed by atoms with E-state index < -0.39 is 18.3 Å².